The molecule has 0 aromatic heterocycles. The van der Waals surface area contributed by atoms with Crippen molar-refractivity contribution in [1.29, 1.82) is 0 Å². The topological polar surface area (TPSA) is 3.24 Å². The third-order valence-corrected chi connectivity index (χ3v) is 1.89. The van der Waals surface area contributed by atoms with Crippen molar-refractivity contribution in [3.8, 4) is 0 Å². The highest BCUT2D eigenvalue weighted by molar-refractivity contribution is 4.87. The Balaban J connectivity index is 2.40. The smallest absolute Gasteiger partial charge is 0.269 e. The normalized spacial score (nSPS) is 22.7. The maximum absolute atomic E-state index is 12.7. The van der Waals surface area contributed by atoms with E-state index in [-0.39, 0.29) is 0 Å². The van der Waals surface area contributed by atoms with Crippen LogP contribution in [-0.2, 0) is 0 Å². The first kappa shape index (κ1) is 9.58. The third kappa shape index (κ3) is 2.52. The van der Waals surface area contributed by atoms with Crippen molar-refractivity contribution in [2.24, 2.45) is 0 Å². The molecule has 0 aliphatic carbocycles. The molecule has 70 valence electrons. The molecule has 0 N–H and O–H groups in total. The van der Waals surface area contributed by atoms with Gasteiger partial charge in [-0.2, -0.15) is 0 Å². The molecule has 0 amide bonds. The van der Waals surface area contributed by atoms with Gasteiger partial charge in [-0.3, -0.25) is 4.90 Å². The Morgan fingerprint density at radius 1 is 1.00 bits per heavy atom. The van der Waals surface area contributed by atoms with E-state index in [1.54, 1.807) is 0 Å². The second kappa shape index (κ2) is 4.50. The van der Waals surface area contributed by atoms with Crippen molar-refractivity contribution >= 4 is 0 Å². The second-order valence-electron chi connectivity index (χ2n) is 2.79. The van der Waals surface area contributed by atoms with Gasteiger partial charge in [-0.1, -0.05) is 12.2 Å². The van der Waals surface area contributed by atoms with Crippen LogP contribution in [0.4, 0.5) is 13.2 Å². The van der Waals surface area contributed by atoms with Gasteiger partial charge >= 0.3 is 0 Å². The fourth-order valence-corrected chi connectivity index (χ4v) is 1.23. The van der Waals surface area contributed by atoms with Crippen LogP contribution in [-0.4, -0.2) is 30.7 Å². The van der Waals surface area contributed by atoms with Crippen LogP contribution in [0.1, 0.15) is 12.8 Å². The standard InChI is InChI=1S/C8H12F3N/c9-7(10)8(11)12-5-3-1-2-4-6-12/h1-2,7-8H,3-6H2. The summed E-state index contributed by atoms with van der Waals surface area (Å²) in [5, 5.41) is 0. The molecule has 12 heavy (non-hydrogen) atoms. The van der Waals surface area contributed by atoms with E-state index in [1.807, 2.05) is 12.2 Å². The lowest BCUT2D eigenvalue weighted by atomic mass is 10.4. The fraction of sp³-hybridized carbons (Fsp3) is 0.750. The molecular formula is C8H12F3N. The van der Waals surface area contributed by atoms with Crippen molar-refractivity contribution < 1.29 is 13.2 Å². The molecule has 0 saturated carbocycles. The van der Waals surface area contributed by atoms with Crippen LogP contribution < -0.4 is 0 Å². The summed E-state index contributed by atoms with van der Waals surface area (Å²) < 4.78 is 36.6. The maximum atomic E-state index is 12.7. The number of rotatable bonds is 2. The number of alkyl halides is 3. The molecule has 0 aromatic rings. The van der Waals surface area contributed by atoms with E-state index < -0.39 is 12.7 Å². The van der Waals surface area contributed by atoms with Crippen LogP contribution in [0, 0.1) is 0 Å². The van der Waals surface area contributed by atoms with E-state index in [1.165, 1.54) is 4.90 Å². The Hall–Kier alpha value is -0.510. The fourth-order valence-electron chi connectivity index (χ4n) is 1.23. The lowest BCUT2D eigenvalue weighted by Gasteiger charge is -2.23. The Morgan fingerprint density at radius 3 is 1.92 bits per heavy atom. The minimum absolute atomic E-state index is 0.391. The van der Waals surface area contributed by atoms with Gasteiger partial charge in [0.05, 0.1) is 0 Å². The Kier molecular flexibility index (Phi) is 3.59. The lowest BCUT2D eigenvalue weighted by molar-refractivity contribution is -0.0467. The molecule has 1 heterocycles. The summed E-state index contributed by atoms with van der Waals surface area (Å²) in [4.78, 5) is 1.19. The van der Waals surface area contributed by atoms with Crippen molar-refractivity contribution in [3.05, 3.63) is 12.2 Å². The first-order valence-electron chi connectivity index (χ1n) is 4.03. The summed E-state index contributed by atoms with van der Waals surface area (Å²) in [5.74, 6) is 0. The maximum Gasteiger partial charge on any atom is 0.282 e. The van der Waals surface area contributed by atoms with Crippen LogP contribution in [0.15, 0.2) is 12.2 Å². The van der Waals surface area contributed by atoms with E-state index >= 15 is 0 Å². The van der Waals surface area contributed by atoms with Gasteiger partial charge in [-0.25, -0.2) is 13.2 Å². The van der Waals surface area contributed by atoms with Gasteiger partial charge < -0.3 is 0 Å². The van der Waals surface area contributed by atoms with Crippen molar-refractivity contribution in [3.63, 3.8) is 0 Å². The minimum Gasteiger partial charge on any atom is -0.269 e. The summed E-state index contributed by atoms with van der Waals surface area (Å²) in [5.41, 5.74) is 0. The van der Waals surface area contributed by atoms with Crippen molar-refractivity contribution in [2.75, 3.05) is 13.1 Å². The first-order chi connectivity index (χ1) is 5.72. The van der Waals surface area contributed by atoms with E-state index in [9.17, 15) is 13.2 Å². The molecular weight excluding hydrogens is 167 g/mol. The number of nitrogens with zero attached hydrogens (tertiary/aromatic N) is 1. The van der Waals surface area contributed by atoms with E-state index in [4.69, 9.17) is 0 Å². The average Bonchev–Trinajstić information content (AvgIpc) is 2.30. The summed E-state index contributed by atoms with van der Waals surface area (Å²) in [7, 11) is 0. The van der Waals surface area contributed by atoms with Gasteiger partial charge in [0.2, 0.25) is 6.30 Å². The average molecular weight is 179 g/mol. The van der Waals surface area contributed by atoms with Crippen LogP contribution in [0.5, 0.6) is 0 Å². The molecule has 0 radical (unpaired) electrons. The largest absolute Gasteiger partial charge is 0.282 e. The molecule has 0 bridgehead atoms. The SMILES string of the molecule is FC(F)C(F)N1CCC=CCC1. The number of hydrogen-bond acceptors (Lipinski definition) is 1. The highest BCUT2D eigenvalue weighted by atomic mass is 19.3. The van der Waals surface area contributed by atoms with E-state index in [2.05, 4.69) is 0 Å². The molecule has 1 nitrogen and oxygen atoms in total. The van der Waals surface area contributed by atoms with Crippen molar-refractivity contribution in [2.45, 2.75) is 25.6 Å². The molecule has 0 fully saturated rings. The Labute approximate surface area is 69.9 Å². The van der Waals surface area contributed by atoms with Gasteiger partial charge in [0.25, 0.3) is 6.43 Å². The zero-order chi connectivity index (χ0) is 8.97. The first-order valence-corrected chi connectivity index (χ1v) is 4.03. The molecule has 1 unspecified atom stereocenters. The summed E-state index contributed by atoms with van der Waals surface area (Å²) in [6.45, 7) is 0.782. The second-order valence-corrected chi connectivity index (χ2v) is 2.79. The van der Waals surface area contributed by atoms with Gasteiger partial charge in [0, 0.05) is 13.1 Å². The summed E-state index contributed by atoms with van der Waals surface area (Å²) >= 11 is 0. The molecule has 4 heteroatoms. The van der Waals surface area contributed by atoms with Gasteiger partial charge in [0.1, 0.15) is 0 Å². The zero-order valence-electron chi connectivity index (χ0n) is 6.72. The van der Waals surface area contributed by atoms with Crippen LogP contribution in [0.25, 0.3) is 0 Å². The predicted octanol–water partition coefficient (Wildman–Crippen LogP) is 2.20. The highest BCUT2D eigenvalue weighted by Crippen LogP contribution is 2.14. The van der Waals surface area contributed by atoms with Gasteiger partial charge in [-0.15, -0.1) is 0 Å². The summed E-state index contributed by atoms with van der Waals surface area (Å²) in [6.07, 6.45) is 0.143. The zero-order valence-corrected chi connectivity index (χ0v) is 6.72. The van der Waals surface area contributed by atoms with Crippen molar-refractivity contribution in [1.82, 2.24) is 4.90 Å². The predicted molar refractivity (Wildman–Crippen MR) is 40.8 cm³/mol. The van der Waals surface area contributed by atoms with Crippen LogP contribution >= 0.6 is 0 Å². The molecule has 1 rings (SSSR count). The minimum atomic E-state index is -2.89. The molecule has 0 saturated heterocycles. The molecule has 1 atom stereocenters. The number of halogens is 3. The molecule has 1 aliphatic rings. The third-order valence-electron chi connectivity index (χ3n) is 1.89. The lowest BCUT2D eigenvalue weighted by Crippen LogP contribution is -2.37. The highest BCUT2D eigenvalue weighted by Gasteiger charge is 2.26. The summed E-state index contributed by atoms with van der Waals surface area (Å²) in [6, 6.07) is 0. The Bertz CT molecular complexity index is 148. The Morgan fingerprint density at radius 2 is 1.50 bits per heavy atom. The van der Waals surface area contributed by atoms with Gasteiger partial charge in [0.15, 0.2) is 0 Å². The molecule has 0 aromatic carbocycles. The monoisotopic (exact) mass is 179 g/mol. The van der Waals surface area contributed by atoms with Crippen LogP contribution in [0.3, 0.4) is 0 Å². The molecule has 1 aliphatic heterocycles. The quantitative estimate of drug-likeness (QED) is 0.464. The van der Waals surface area contributed by atoms with Gasteiger partial charge in [-0.05, 0) is 12.8 Å². The van der Waals surface area contributed by atoms with E-state index in [0.29, 0.717) is 25.9 Å². The molecule has 0 spiro atoms. The number of hydrogen-bond donors (Lipinski definition) is 0. The van der Waals surface area contributed by atoms with E-state index in [0.717, 1.165) is 0 Å². The van der Waals surface area contributed by atoms with Crippen LogP contribution in [0.2, 0.25) is 0 Å².